The molecule has 1 aliphatic rings. The van der Waals surface area contributed by atoms with Gasteiger partial charge in [-0.25, -0.2) is 4.98 Å². The SMILES string of the molecule is COc1cc(-c2nc3sc4c(c3c(=O)[nH]2)CCCC4)ccc1OCc1c(Cl)cccc1Cl. The molecule has 0 saturated heterocycles. The van der Waals surface area contributed by atoms with Crippen molar-refractivity contribution >= 4 is 44.8 Å². The number of aryl methyl sites for hydroxylation is 2. The molecule has 32 heavy (non-hydrogen) atoms. The molecule has 0 bridgehead atoms. The summed E-state index contributed by atoms with van der Waals surface area (Å²) < 4.78 is 11.5. The van der Waals surface area contributed by atoms with Crippen LogP contribution in [0.4, 0.5) is 0 Å². The molecule has 0 aliphatic heterocycles. The molecule has 0 amide bonds. The first-order chi connectivity index (χ1) is 15.5. The highest BCUT2D eigenvalue weighted by Gasteiger charge is 2.20. The normalized spacial score (nSPS) is 13.2. The molecule has 5 nitrogen and oxygen atoms in total. The number of benzene rings is 2. The molecule has 0 unspecified atom stereocenters. The number of nitrogens with one attached hydrogen (secondary N) is 1. The number of ether oxygens (including phenoxy) is 2. The topological polar surface area (TPSA) is 64.2 Å². The maximum Gasteiger partial charge on any atom is 0.260 e. The number of methoxy groups -OCH3 is 1. The Labute approximate surface area is 198 Å². The van der Waals surface area contributed by atoms with Crippen molar-refractivity contribution in [1.82, 2.24) is 9.97 Å². The largest absolute Gasteiger partial charge is 0.493 e. The number of hydrogen-bond acceptors (Lipinski definition) is 5. The molecule has 1 N–H and O–H groups in total. The number of aromatic nitrogens is 2. The minimum atomic E-state index is -0.0861. The lowest BCUT2D eigenvalue weighted by molar-refractivity contribution is 0.285. The van der Waals surface area contributed by atoms with E-state index in [0.29, 0.717) is 32.9 Å². The summed E-state index contributed by atoms with van der Waals surface area (Å²) in [5.74, 6) is 1.58. The van der Waals surface area contributed by atoms with Crippen LogP contribution in [0.1, 0.15) is 28.8 Å². The number of thiophene rings is 1. The summed E-state index contributed by atoms with van der Waals surface area (Å²) in [5.41, 5.74) is 2.54. The van der Waals surface area contributed by atoms with Gasteiger partial charge in [0.2, 0.25) is 0 Å². The predicted molar refractivity (Wildman–Crippen MR) is 130 cm³/mol. The third-order valence-corrected chi connectivity index (χ3v) is 7.59. The highest BCUT2D eigenvalue weighted by atomic mass is 35.5. The van der Waals surface area contributed by atoms with Gasteiger partial charge in [-0.05, 0) is 61.6 Å². The lowest BCUT2D eigenvalue weighted by Crippen LogP contribution is -2.11. The highest BCUT2D eigenvalue weighted by molar-refractivity contribution is 7.18. The molecule has 2 aromatic carbocycles. The molecule has 164 valence electrons. The summed E-state index contributed by atoms with van der Waals surface area (Å²) in [7, 11) is 1.57. The Kier molecular flexibility index (Phi) is 5.84. The molecular weight excluding hydrogens is 467 g/mol. The number of H-pyrrole nitrogens is 1. The number of aromatic amines is 1. The molecule has 1 aliphatic carbocycles. The molecule has 8 heteroatoms. The van der Waals surface area contributed by atoms with Gasteiger partial charge in [-0.15, -0.1) is 11.3 Å². The Morgan fingerprint density at radius 3 is 2.66 bits per heavy atom. The van der Waals surface area contributed by atoms with Crippen LogP contribution in [0.25, 0.3) is 21.6 Å². The van der Waals surface area contributed by atoms with Crippen LogP contribution in [0.5, 0.6) is 11.5 Å². The summed E-state index contributed by atoms with van der Waals surface area (Å²) in [6.07, 6.45) is 4.27. The second-order valence-electron chi connectivity index (χ2n) is 7.66. The van der Waals surface area contributed by atoms with Gasteiger partial charge >= 0.3 is 0 Å². The van der Waals surface area contributed by atoms with Crippen molar-refractivity contribution < 1.29 is 9.47 Å². The molecule has 2 aromatic heterocycles. The zero-order chi connectivity index (χ0) is 22.2. The number of rotatable bonds is 5. The Hall–Kier alpha value is -2.54. The molecule has 2 heterocycles. The van der Waals surface area contributed by atoms with E-state index in [9.17, 15) is 4.79 Å². The maximum absolute atomic E-state index is 12.9. The van der Waals surface area contributed by atoms with Gasteiger partial charge in [0.15, 0.2) is 11.5 Å². The van der Waals surface area contributed by atoms with E-state index in [4.69, 9.17) is 37.7 Å². The van der Waals surface area contributed by atoms with E-state index in [1.807, 2.05) is 6.07 Å². The van der Waals surface area contributed by atoms with Gasteiger partial charge in [-0.2, -0.15) is 0 Å². The van der Waals surface area contributed by atoms with Gasteiger partial charge in [0.1, 0.15) is 17.3 Å². The number of fused-ring (bicyclic) bond motifs is 3. The Balaban J connectivity index is 1.47. The Bertz CT molecular complexity index is 1360. The third-order valence-electron chi connectivity index (χ3n) is 5.70. The van der Waals surface area contributed by atoms with E-state index in [2.05, 4.69) is 4.98 Å². The van der Waals surface area contributed by atoms with Crippen molar-refractivity contribution in [2.75, 3.05) is 7.11 Å². The number of halogens is 2. The van der Waals surface area contributed by atoms with Crippen LogP contribution >= 0.6 is 34.5 Å². The lowest BCUT2D eigenvalue weighted by atomic mass is 9.97. The van der Waals surface area contributed by atoms with E-state index in [-0.39, 0.29) is 12.2 Å². The van der Waals surface area contributed by atoms with Gasteiger partial charge in [-0.1, -0.05) is 29.3 Å². The fourth-order valence-electron chi connectivity index (χ4n) is 4.05. The summed E-state index contributed by atoms with van der Waals surface area (Å²) in [6, 6.07) is 10.8. The van der Waals surface area contributed by atoms with Crippen molar-refractivity contribution in [3.63, 3.8) is 0 Å². The van der Waals surface area contributed by atoms with Gasteiger partial charge in [-0.3, -0.25) is 4.79 Å². The van der Waals surface area contributed by atoms with Crippen LogP contribution in [0.15, 0.2) is 41.2 Å². The van der Waals surface area contributed by atoms with Crippen LogP contribution in [-0.4, -0.2) is 17.1 Å². The predicted octanol–water partition coefficient (Wildman–Crippen LogP) is 6.42. The lowest BCUT2D eigenvalue weighted by Gasteiger charge is -2.13. The molecule has 0 atom stereocenters. The number of hydrogen-bond donors (Lipinski definition) is 1. The fraction of sp³-hybridized carbons (Fsp3) is 0.250. The molecule has 4 aromatic rings. The monoisotopic (exact) mass is 486 g/mol. The Morgan fingerprint density at radius 1 is 1.09 bits per heavy atom. The second kappa shape index (κ2) is 8.77. The fourth-order valence-corrected chi connectivity index (χ4v) is 5.82. The number of nitrogens with zero attached hydrogens (tertiary/aromatic N) is 1. The van der Waals surface area contributed by atoms with E-state index >= 15 is 0 Å². The van der Waals surface area contributed by atoms with Gasteiger partial charge in [0.05, 0.1) is 12.5 Å². The second-order valence-corrected chi connectivity index (χ2v) is 9.56. The quantitative estimate of drug-likeness (QED) is 0.353. The van der Waals surface area contributed by atoms with E-state index < -0.39 is 0 Å². The van der Waals surface area contributed by atoms with Crippen molar-refractivity contribution in [2.45, 2.75) is 32.3 Å². The summed E-state index contributed by atoms with van der Waals surface area (Å²) in [4.78, 5) is 22.7. The van der Waals surface area contributed by atoms with Crippen LogP contribution < -0.4 is 15.0 Å². The average molecular weight is 487 g/mol. The van der Waals surface area contributed by atoms with Crippen molar-refractivity contribution in [1.29, 1.82) is 0 Å². The molecule has 0 radical (unpaired) electrons. The van der Waals surface area contributed by atoms with E-state index in [0.717, 1.165) is 35.0 Å². The first kappa shape index (κ1) is 21.3. The van der Waals surface area contributed by atoms with E-state index in [1.165, 1.54) is 16.9 Å². The molecule has 0 spiro atoms. The molecule has 0 saturated carbocycles. The van der Waals surface area contributed by atoms with Gasteiger partial charge in [0.25, 0.3) is 5.56 Å². The summed E-state index contributed by atoms with van der Waals surface area (Å²) in [5, 5.41) is 1.83. The highest BCUT2D eigenvalue weighted by Crippen LogP contribution is 2.36. The maximum atomic E-state index is 12.9. The van der Waals surface area contributed by atoms with Crippen molar-refractivity contribution in [3.05, 3.63) is 72.8 Å². The standard InChI is InChI=1S/C24H20Cl2N2O3S/c1-30-19-11-13(9-10-18(19)31-12-15-16(25)6-4-7-17(15)26)22-27-23(29)21-14-5-2-3-8-20(14)32-24(21)28-22/h4,6-7,9-11H,2-3,5,8,12H2,1H3,(H,27,28,29). The minimum absolute atomic E-state index is 0.0861. The van der Waals surface area contributed by atoms with E-state index in [1.54, 1.807) is 48.8 Å². The summed E-state index contributed by atoms with van der Waals surface area (Å²) >= 11 is 14.1. The molecule has 0 fully saturated rings. The van der Waals surface area contributed by atoms with Crippen LogP contribution in [0.3, 0.4) is 0 Å². The smallest absolute Gasteiger partial charge is 0.260 e. The van der Waals surface area contributed by atoms with Gasteiger partial charge in [0, 0.05) is 26.0 Å². The van der Waals surface area contributed by atoms with Crippen molar-refractivity contribution in [2.24, 2.45) is 0 Å². The van der Waals surface area contributed by atoms with Crippen LogP contribution in [0, 0.1) is 0 Å². The zero-order valence-electron chi connectivity index (χ0n) is 17.3. The van der Waals surface area contributed by atoms with Crippen LogP contribution in [0.2, 0.25) is 10.0 Å². The van der Waals surface area contributed by atoms with Crippen molar-refractivity contribution in [3.8, 4) is 22.9 Å². The molecule has 5 rings (SSSR count). The molecular formula is C24H20Cl2N2O3S. The first-order valence-electron chi connectivity index (χ1n) is 10.3. The van der Waals surface area contributed by atoms with Crippen LogP contribution in [-0.2, 0) is 19.4 Å². The third kappa shape index (κ3) is 3.87. The minimum Gasteiger partial charge on any atom is -0.493 e. The summed E-state index contributed by atoms with van der Waals surface area (Å²) in [6.45, 7) is 0.204. The van der Waals surface area contributed by atoms with Gasteiger partial charge < -0.3 is 14.5 Å². The zero-order valence-corrected chi connectivity index (χ0v) is 19.7. The Morgan fingerprint density at radius 2 is 1.88 bits per heavy atom. The average Bonchev–Trinajstić information content (AvgIpc) is 3.17. The first-order valence-corrected chi connectivity index (χ1v) is 11.9.